The number of aryl methyl sites for hydroxylation is 1. The summed E-state index contributed by atoms with van der Waals surface area (Å²) in [6.07, 6.45) is 10.00. The first-order chi connectivity index (χ1) is 14.7. The Labute approximate surface area is 202 Å². The number of thiocarbonyl (C=S) groups is 1. The third-order valence-electron chi connectivity index (χ3n) is 5.30. The van der Waals surface area contributed by atoms with Crippen LogP contribution in [0.5, 0.6) is 0 Å². The second-order valence-corrected chi connectivity index (χ2v) is 10.4. The Bertz CT molecular complexity index is 971. The van der Waals surface area contributed by atoms with Crippen molar-refractivity contribution in [3.8, 4) is 0 Å². The van der Waals surface area contributed by atoms with Gasteiger partial charge in [0.1, 0.15) is 6.17 Å². The molecule has 166 valence electrons. The van der Waals surface area contributed by atoms with E-state index in [1.807, 2.05) is 37.3 Å². The summed E-state index contributed by atoms with van der Waals surface area (Å²) in [6.45, 7) is 2.01. The van der Waals surface area contributed by atoms with E-state index in [1.165, 1.54) is 25.3 Å². The molecule has 1 heterocycles. The zero-order chi connectivity index (χ0) is 22.4. The van der Waals surface area contributed by atoms with Gasteiger partial charge < -0.3 is 16.0 Å². The molecule has 9 heteroatoms. The molecule has 5 nitrogen and oxygen atoms in total. The van der Waals surface area contributed by atoms with Crippen LogP contribution in [0.1, 0.15) is 37.7 Å². The summed E-state index contributed by atoms with van der Waals surface area (Å²) in [5.74, 6) is 0.0726. The van der Waals surface area contributed by atoms with Crippen molar-refractivity contribution in [3.05, 3.63) is 48.2 Å². The number of para-hydroxylation sites is 1. The number of hydrogen-bond acceptors (Lipinski definition) is 3. The van der Waals surface area contributed by atoms with Gasteiger partial charge in [-0.2, -0.15) is 0 Å². The number of pyridine rings is 1. The number of aromatic nitrogens is 1. The van der Waals surface area contributed by atoms with Gasteiger partial charge in [-0.05, 0) is 61.7 Å². The maximum absolute atomic E-state index is 12.4. The molecule has 0 spiro atoms. The summed E-state index contributed by atoms with van der Waals surface area (Å²) in [5.41, 5.74) is 2.59. The average molecular weight is 500 g/mol. The van der Waals surface area contributed by atoms with Crippen LogP contribution in [0.4, 0.5) is 5.69 Å². The zero-order valence-electron chi connectivity index (χ0n) is 17.1. The van der Waals surface area contributed by atoms with Crippen LogP contribution >= 0.6 is 47.0 Å². The number of carbonyl (C=O) groups excluding carboxylic acids is 1. The average Bonchev–Trinajstić information content (AvgIpc) is 2.73. The molecular weight excluding hydrogens is 475 g/mol. The lowest BCUT2D eigenvalue weighted by atomic mass is 9.89. The van der Waals surface area contributed by atoms with Gasteiger partial charge in [0, 0.05) is 11.6 Å². The van der Waals surface area contributed by atoms with Crippen LogP contribution in [0.3, 0.4) is 0 Å². The third kappa shape index (κ3) is 6.94. The van der Waals surface area contributed by atoms with Crippen molar-refractivity contribution in [1.29, 1.82) is 0 Å². The van der Waals surface area contributed by atoms with E-state index in [4.69, 9.17) is 47.0 Å². The van der Waals surface area contributed by atoms with Gasteiger partial charge in [0.15, 0.2) is 5.11 Å². The van der Waals surface area contributed by atoms with Gasteiger partial charge in [-0.15, -0.1) is 0 Å². The van der Waals surface area contributed by atoms with Gasteiger partial charge in [0.05, 0.1) is 11.2 Å². The largest absolute Gasteiger partial charge is 0.339 e. The molecule has 0 saturated heterocycles. The zero-order valence-corrected chi connectivity index (χ0v) is 20.2. The van der Waals surface area contributed by atoms with Crippen molar-refractivity contribution < 1.29 is 4.79 Å². The molecule has 3 rings (SSSR count). The second-order valence-electron chi connectivity index (χ2n) is 7.67. The highest BCUT2D eigenvalue weighted by Gasteiger charge is 2.34. The summed E-state index contributed by atoms with van der Waals surface area (Å²) in [6, 6.07) is 7.70. The number of nitrogens with zero attached hydrogens (tertiary/aromatic N) is 1. The molecule has 0 bridgehead atoms. The Morgan fingerprint density at radius 1 is 1.19 bits per heavy atom. The minimum atomic E-state index is -1.81. The van der Waals surface area contributed by atoms with Crippen LogP contribution in [0.25, 0.3) is 10.9 Å². The lowest BCUT2D eigenvalue weighted by Crippen LogP contribution is -2.55. The number of benzene rings is 1. The minimum absolute atomic E-state index is 0.198. The summed E-state index contributed by atoms with van der Waals surface area (Å²) < 4.78 is -1.81. The second kappa shape index (κ2) is 10.8. The van der Waals surface area contributed by atoms with Gasteiger partial charge >= 0.3 is 0 Å². The number of nitrogens with one attached hydrogen (secondary N) is 3. The van der Waals surface area contributed by atoms with E-state index in [0.717, 1.165) is 29.3 Å². The molecule has 1 aliphatic rings. The normalized spacial score (nSPS) is 16.3. The third-order valence-corrected chi connectivity index (χ3v) is 6.17. The number of allylic oxidation sites excluding steroid dienone is 1. The van der Waals surface area contributed by atoms with E-state index in [9.17, 15) is 4.79 Å². The number of halogens is 3. The first kappa shape index (κ1) is 24.1. The van der Waals surface area contributed by atoms with Gasteiger partial charge in [0.25, 0.3) is 0 Å². The molecule has 2 aromatic rings. The number of alkyl halides is 3. The highest BCUT2D eigenvalue weighted by molar-refractivity contribution is 7.80. The maximum atomic E-state index is 12.4. The molecule has 1 fully saturated rings. The first-order valence-electron chi connectivity index (χ1n) is 10.2. The van der Waals surface area contributed by atoms with Gasteiger partial charge in [-0.25, -0.2) is 0 Å². The summed E-state index contributed by atoms with van der Waals surface area (Å²) in [4.78, 5) is 16.8. The Balaban J connectivity index is 1.65. The monoisotopic (exact) mass is 498 g/mol. The molecule has 0 aliphatic heterocycles. The van der Waals surface area contributed by atoms with Crippen LogP contribution in [-0.4, -0.2) is 26.0 Å². The van der Waals surface area contributed by atoms with Gasteiger partial charge in [-0.3, -0.25) is 9.78 Å². The Morgan fingerprint density at radius 3 is 2.65 bits per heavy atom. The number of anilines is 1. The van der Waals surface area contributed by atoms with E-state index >= 15 is 0 Å². The Hall–Kier alpha value is -1.60. The molecular formula is C22H25Cl3N4OS. The van der Waals surface area contributed by atoms with Crippen LogP contribution in [0.2, 0.25) is 0 Å². The van der Waals surface area contributed by atoms with E-state index in [1.54, 1.807) is 6.20 Å². The standard InChI is InChI=1S/C22H25Cl3N4OS/c1-14-12-13-26-19-16(14)8-5-9-17(19)27-21(31)29-20(22(23,24)25)28-18(30)11-10-15-6-3-2-4-7-15/h5,8-13,15,20H,2-4,6-7H2,1H3,(H,28,30)(H2,27,29,31)/b11-10+. The van der Waals surface area contributed by atoms with Crippen molar-refractivity contribution >= 4 is 74.6 Å². The summed E-state index contributed by atoms with van der Waals surface area (Å²) in [5, 5.41) is 9.86. The van der Waals surface area contributed by atoms with E-state index in [-0.39, 0.29) is 11.0 Å². The number of rotatable bonds is 5. The number of amides is 1. The van der Waals surface area contributed by atoms with Crippen molar-refractivity contribution in [2.75, 3.05) is 5.32 Å². The Kier molecular flexibility index (Phi) is 8.39. The van der Waals surface area contributed by atoms with Crippen molar-refractivity contribution in [2.24, 2.45) is 5.92 Å². The number of carbonyl (C=O) groups is 1. The number of fused-ring (bicyclic) bond motifs is 1. The molecule has 1 atom stereocenters. The molecule has 1 aromatic heterocycles. The van der Waals surface area contributed by atoms with Crippen molar-refractivity contribution in [3.63, 3.8) is 0 Å². The molecule has 1 saturated carbocycles. The minimum Gasteiger partial charge on any atom is -0.339 e. The highest BCUT2D eigenvalue weighted by Crippen LogP contribution is 2.30. The predicted molar refractivity (Wildman–Crippen MR) is 134 cm³/mol. The van der Waals surface area contributed by atoms with Crippen LogP contribution in [0, 0.1) is 12.8 Å². The highest BCUT2D eigenvalue weighted by atomic mass is 35.6. The van der Waals surface area contributed by atoms with Crippen LogP contribution < -0.4 is 16.0 Å². The van der Waals surface area contributed by atoms with Crippen molar-refractivity contribution in [2.45, 2.75) is 49.0 Å². The molecule has 1 aromatic carbocycles. The van der Waals surface area contributed by atoms with Crippen LogP contribution in [0.15, 0.2) is 42.6 Å². The SMILES string of the molecule is Cc1ccnc2c(NC(=S)NC(NC(=O)/C=C/C3CCCCC3)C(Cl)(Cl)Cl)cccc12. The summed E-state index contributed by atoms with van der Waals surface area (Å²) in [7, 11) is 0. The lowest BCUT2D eigenvalue weighted by Gasteiger charge is -2.27. The molecule has 3 N–H and O–H groups in total. The fourth-order valence-corrected chi connectivity index (χ4v) is 4.20. The maximum Gasteiger partial charge on any atom is 0.245 e. The fourth-order valence-electron chi connectivity index (χ4n) is 3.64. The number of hydrogen-bond donors (Lipinski definition) is 3. The molecule has 0 radical (unpaired) electrons. The van der Waals surface area contributed by atoms with Crippen molar-refractivity contribution in [1.82, 2.24) is 15.6 Å². The molecule has 1 amide bonds. The molecule has 1 aliphatic carbocycles. The van der Waals surface area contributed by atoms with E-state index in [2.05, 4.69) is 20.9 Å². The summed E-state index contributed by atoms with van der Waals surface area (Å²) >= 11 is 23.7. The van der Waals surface area contributed by atoms with E-state index < -0.39 is 9.96 Å². The van der Waals surface area contributed by atoms with Gasteiger partial charge in [-0.1, -0.05) is 72.3 Å². The smallest absolute Gasteiger partial charge is 0.245 e. The fraction of sp³-hybridized carbons (Fsp3) is 0.409. The first-order valence-corrected chi connectivity index (χ1v) is 11.8. The van der Waals surface area contributed by atoms with E-state index in [0.29, 0.717) is 11.6 Å². The van der Waals surface area contributed by atoms with Crippen LogP contribution in [-0.2, 0) is 4.79 Å². The Morgan fingerprint density at radius 2 is 1.94 bits per heavy atom. The van der Waals surface area contributed by atoms with Gasteiger partial charge in [0.2, 0.25) is 9.70 Å². The molecule has 1 unspecified atom stereocenters. The topological polar surface area (TPSA) is 66.1 Å². The predicted octanol–water partition coefficient (Wildman–Crippen LogP) is 5.78. The molecule has 31 heavy (non-hydrogen) atoms. The lowest BCUT2D eigenvalue weighted by molar-refractivity contribution is -0.117. The quantitative estimate of drug-likeness (QED) is 0.211.